The van der Waals surface area contributed by atoms with Gasteiger partial charge in [-0.2, -0.15) is 0 Å². The topological polar surface area (TPSA) is 170 Å². The van der Waals surface area contributed by atoms with Crippen LogP contribution in [0.4, 0.5) is 10.6 Å². The largest absolute Gasteiger partial charge is 0.394 e. The van der Waals surface area contributed by atoms with Gasteiger partial charge in [-0.25, -0.2) is 19.7 Å². The summed E-state index contributed by atoms with van der Waals surface area (Å²) in [4.78, 5) is 29.5. The van der Waals surface area contributed by atoms with Gasteiger partial charge in [0.15, 0.2) is 29.0 Å². The lowest BCUT2D eigenvalue weighted by molar-refractivity contribution is -0.0511. The monoisotopic (exact) mass is 688 g/mol. The van der Waals surface area contributed by atoms with Crippen LogP contribution >= 0.6 is 0 Å². The van der Waals surface area contributed by atoms with Gasteiger partial charge in [-0.15, -0.1) is 0 Å². The van der Waals surface area contributed by atoms with E-state index in [1.165, 1.54) is 10.9 Å². The van der Waals surface area contributed by atoms with Crippen molar-refractivity contribution < 1.29 is 24.9 Å². The summed E-state index contributed by atoms with van der Waals surface area (Å²) in [7, 11) is 0. The number of urea groups is 1. The predicted octanol–water partition coefficient (Wildman–Crippen LogP) is 3.63. The Kier molecular flexibility index (Phi) is 13.1. The Balaban J connectivity index is 1.37. The Bertz CT molecular complexity index is 1600. The molecule has 50 heavy (non-hydrogen) atoms. The molecule has 4 aromatic rings. The van der Waals surface area contributed by atoms with Crippen molar-refractivity contribution in [2.24, 2.45) is 5.92 Å². The van der Waals surface area contributed by atoms with Crippen LogP contribution in [0, 0.1) is 5.92 Å². The molecule has 0 saturated carbocycles. The van der Waals surface area contributed by atoms with Crippen LogP contribution in [-0.2, 0) is 11.3 Å². The second kappa shape index (κ2) is 17.7. The van der Waals surface area contributed by atoms with E-state index in [2.05, 4.69) is 77.8 Å². The average Bonchev–Trinajstić information content (AvgIpc) is 3.68. The number of aliphatic hydroxyl groups excluding tert-OH is 3. The van der Waals surface area contributed by atoms with E-state index in [1.807, 2.05) is 36.4 Å². The zero-order valence-electron chi connectivity index (χ0n) is 29.4. The van der Waals surface area contributed by atoms with E-state index in [-0.39, 0.29) is 18.5 Å². The molecule has 1 fully saturated rings. The van der Waals surface area contributed by atoms with E-state index in [4.69, 9.17) is 14.7 Å². The summed E-state index contributed by atoms with van der Waals surface area (Å²) in [6.45, 7) is 11.1. The minimum atomic E-state index is -1.32. The van der Waals surface area contributed by atoms with E-state index < -0.39 is 31.1 Å². The second-order valence-corrected chi connectivity index (χ2v) is 13.3. The number of carbonyl (C=O) groups is 1. The van der Waals surface area contributed by atoms with Crippen LogP contribution in [0.3, 0.4) is 0 Å². The number of carbonyl (C=O) groups excluding carboxylic acids is 1. The lowest BCUT2D eigenvalue weighted by atomic mass is 9.91. The predicted molar refractivity (Wildman–Crippen MR) is 193 cm³/mol. The summed E-state index contributed by atoms with van der Waals surface area (Å²) in [5.74, 6) is 1.28. The number of hydrogen-bond donors (Lipinski definition) is 6. The van der Waals surface area contributed by atoms with Crippen LogP contribution in [-0.4, -0.2) is 103 Å². The number of aromatic nitrogens is 4. The molecule has 270 valence electrons. The van der Waals surface area contributed by atoms with Crippen molar-refractivity contribution in [2.45, 2.75) is 83.6 Å². The summed E-state index contributed by atoms with van der Waals surface area (Å²) in [6.07, 6.45) is -1.02. The number of nitrogens with zero attached hydrogens (tertiary/aromatic N) is 5. The Morgan fingerprint density at radius 3 is 2.20 bits per heavy atom. The molecular weight excluding hydrogens is 636 g/mol. The number of fused-ring (bicyclic) bond motifs is 1. The van der Waals surface area contributed by atoms with Crippen LogP contribution in [0.15, 0.2) is 67.0 Å². The summed E-state index contributed by atoms with van der Waals surface area (Å²) in [5, 5.41) is 40.3. The van der Waals surface area contributed by atoms with Crippen LogP contribution < -0.4 is 16.0 Å². The van der Waals surface area contributed by atoms with Crippen LogP contribution in [0.1, 0.15) is 69.6 Å². The van der Waals surface area contributed by atoms with Gasteiger partial charge in [-0.3, -0.25) is 9.47 Å². The maximum absolute atomic E-state index is 12.9. The number of aliphatic hydroxyl groups is 3. The fourth-order valence-electron chi connectivity index (χ4n) is 6.69. The Hall–Kier alpha value is -4.14. The van der Waals surface area contributed by atoms with Crippen molar-refractivity contribution in [1.82, 2.24) is 35.1 Å². The fraction of sp³-hybridized carbons (Fsp3) is 0.514. The smallest absolute Gasteiger partial charge is 0.315 e. The normalized spacial score (nSPS) is 19.3. The Morgan fingerprint density at radius 1 is 0.960 bits per heavy atom. The first-order valence-corrected chi connectivity index (χ1v) is 17.7. The van der Waals surface area contributed by atoms with Gasteiger partial charge < -0.3 is 36.0 Å². The van der Waals surface area contributed by atoms with Crippen molar-refractivity contribution in [3.8, 4) is 0 Å². The van der Waals surface area contributed by atoms with Gasteiger partial charge in [-0.05, 0) is 29.9 Å². The summed E-state index contributed by atoms with van der Waals surface area (Å²) in [6, 6.07) is 20.5. The van der Waals surface area contributed by atoms with E-state index >= 15 is 0 Å². The minimum Gasteiger partial charge on any atom is -0.394 e. The highest BCUT2D eigenvalue weighted by Crippen LogP contribution is 2.33. The molecule has 5 rings (SSSR count). The van der Waals surface area contributed by atoms with Crippen molar-refractivity contribution in [1.29, 1.82) is 0 Å². The van der Waals surface area contributed by atoms with Crippen LogP contribution in [0.2, 0.25) is 0 Å². The first-order chi connectivity index (χ1) is 24.2. The lowest BCUT2D eigenvalue weighted by Gasteiger charge is -2.32. The third-order valence-electron chi connectivity index (χ3n) is 9.29. The molecule has 0 aliphatic carbocycles. The molecule has 1 aliphatic heterocycles. The second-order valence-electron chi connectivity index (χ2n) is 13.3. The van der Waals surface area contributed by atoms with Gasteiger partial charge in [0.05, 0.1) is 19.5 Å². The van der Waals surface area contributed by atoms with Gasteiger partial charge in [0.2, 0.25) is 0 Å². The van der Waals surface area contributed by atoms with Gasteiger partial charge >= 0.3 is 6.03 Å². The SMILES string of the molecule is CCC(CC)N(CCNC(=O)NCc1nc(NCC(c2ccccc2)c2ccccc2)c2ncn(C3OC(CO)C(O)C3O)c2n1)CC(C)C. The maximum atomic E-state index is 12.9. The summed E-state index contributed by atoms with van der Waals surface area (Å²) in [5.41, 5.74) is 3.04. The molecule has 4 atom stereocenters. The molecule has 4 unspecified atom stereocenters. The van der Waals surface area contributed by atoms with Gasteiger partial charge in [0, 0.05) is 38.1 Å². The first-order valence-electron chi connectivity index (χ1n) is 17.7. The Morgan fingerprint density at radius 2 is 1.62 bits per heavy atom. The molecule has 2 amide bonds. The number of imidazole rings is 1. The number of hydrogen-bond acceptors (Lipinski definition) is 10. The molecular formula is C37H52N8O5. The number of anilines is 1. The number of nitrogens with one attached hydrogen (secondary N) is 3. The van der Waals surface area contributed by atoms with E-state index in [0.717, 1.165) is 37.1 Å². The lowest BCUT2D eigenvalue weighted by Crippen LogP contribution is -2.44. The number of amides is 2. The summed E-state index contributed by atoms with van der Waals surface area (Å²) >= 11 is 0. The van der Waals surface area contributed by atoms with Crippen molar-refractivity contribution >= 4 is 23.0 Å². The molecule has 6 N–H and O–H groups in total. The average molecular weight is 689 g/mol. The third-order valence-corrected chi connectivity index (χ3v) is 9.29. The zero-order chi connectivity index (χ0) is 35.6. The maximum Gasteiger partial charge on any atom is 0.315 e. The molecule has 1 aliphatic rings. The number of rotatable bonds is 17. The van der Waals surface area contributed by atoms with Gasteiger partial charge in [-0.1, -0.05) is 88.4 Å². The minimum absolute atomic E-state index is 0.00687. The molecule has 2 aromatic carbocycles. The Labute approximate surface area is 294 Å². The molecule has 2 aromatic heterocycles. The van der Waals surface area contributed by atoms with Crippen molar-refractivity contribution in [2.75, 3.05) is 38.1 Å². The number of ether oxygens (including phenoxy) is 1. The van der Waals surface area contributed by atoms with E-state index in [9.17, 15) is 20.1 Å². The highest BCUT2D eigenvalue weighted by molar-refractivity contribution is 5.83. The quantitative estimate of drug-likeness (QED) is 0.0964. The molecule has 0 radical (unpaired) electrons. The molecule has 1 saturated heterocycles. The van der Waals surface area contributed by atoms with Gasteiger partial charge in [0.25, 0.3) is 0 Å². The molecule has 13 nitrogen and oxygen atoms in total. The van der Waals surface area contributed by atoms with Gasteiger partial charge in [0.1, 0.15) is 18.3 Å². The standard InChI is InChI=1S/C37H52N8O5/c1-5-27(6-2)44(21-24(3)4)18-17-38-37(49)40-20-30-42-34(39-19-28(25-13-9-7-10-14-25)26-15-11-8-12-16-26)31-35(43-30)45(23-41-31)36-33(48)32(47)29(22-46)50-36/h7-16,23-24,27-29,32-33,36,46-48H,5-6,17-22H2,1-4H3,(H2,38,40,49)(H,39,42,43). The molecule has 13 heteroatoms. The fourth-order valence-corrected chi connectivity index (χ4v) is 6.69. The zero-order valence-corrected chi connectivity index (χ0v) is 29.4. The highest BCUT2D eigenvalue weighted by atomic mass is 16.6. The highest BCUT2D eigenvalue weighted by Gasteiger charge is 2.44. The van der Waals surface area contributed by atoms with Crippen molar-refractivity contribution in [3.63, 3.8) is 0 Å². The summed E-state index contributed by atoms with van der Waals surface area (Å²) < 4.78 is 7.34. The first kappa shape index (κ1) is 37.1. The molecule has 3 heterocycles. The molecule has 0 spiro atoms. The van der Waals surface area contributed by atoms with Crippen LogP contribution in [0.5, 0.6) is 0 Å². The third kappa shape index (κ3) is 8.95. The molecule has 0 bridgehead atoms. The number of benzene rings is 2. The van der Waals surface area contributed by atoms with E-state index in [0.29, 0.717) is 47.9 Å². The van der Waals surface area contributed by atoms with Crippen LogP contribution in [0.25, 0.3) is 11.2 Å². The van der Waals surface area contributed by atoms with Crippen molar-refractivity contribution in [3.05, 3.63) is 83.9 Å². The van der Waals surface area contributed by atoms with E-state index in [1.54, 1.807) is 0 Å².